The highest BCUT2D eigenvalue weighted by Crippen LogP contribution is 2.02. The summed E-state index contributed by atoms with van der Waals surface area (Å²) in [5.74, 6) is 0.188. The second kappa shape index (κ2) is 5.12. The number of hydrogen-bond acceptors (Lipinski definition) is 3. The Bertz CT molecular complexity index is 336. The van der Waals surface area contributed by atoms with Crippen LogP contribution in [0.2, 0.25) is 0 Å². The number of likely N-dealkylation sites (N-methyl/N-ethyl adjacent to an activating group) is 1. The van der Waals surface area contributed by atoms with Gasteiger partial charge in [-0.2, -0.15) is 0 Å². The Morgan fingerprint density at radius 2 is 2.19 bits per heavy atom. The molecular formula is C11H18N4O. The van der Waals surface area contributed by atoms with Crippen LogP contribution >= 0.6 is 0 Å². The van der Waals surface area contributed by atoms with Crippen LogP contribution in [0, 0.1) is 0 Å². The van der Waals surface area contributed by atoms with Crippen molar-refractivity contribution in [3.05, 3.63) is 18.7 Å². The fourth-order valence-corrected chi connectivity index (χ4v) is 1.93. The number of aromatic nitrogens is 2. The number of amides is 1. The standard InChI is InChI=1S/C11H18N4O/c1-13-4-2-5-15(8-7-13)11(16)9-14-6-3-12-10-14/h3,6,10H,2,4-5,7-9H2,1H3. The van der Waals surface area contributed by atoms with Gasteiger partial charge in [0.1, 0.15) is 6.54 Å². The summed E-state index contributed by atoms with van der Waals surface area (Å²) in [6.07, 6.45) is 6.26. The highest BCUT2D eigenvalue weighted by Gasteiger charge is 2.17. The average molecular weight is 222 g/mol. The third-order valence-electron chi connectivity index (χ3n) is 2.95. The van der Waals surface area contributed by atoms with E-state index in [0.29, 0.717) is 6.54 Å². The number of rotatable bonds is 2. The zero-order valence-corrected chi connectivity index (χ0v) is 9.67. The third kappa shape index (κ3) is 2.82. The average Bonchev–Trinajstić information content (AvgIpc) is 2.66. The minimum absolute atomic E-state index is 0.188. The van der Waals surface area contributed by atoms with Crippen LogP contribution in [0.1, 0.15) is 6.42 Å². The summed E-state index contributed by atoms with van der Waals surface area (Å²) < 4.78 is 1.82. The van der Waals surface area contributed by atoms with Gasteiger partial charge in [0.05, 0.1) is 6.33 Å². The van der Waals surface area contributed by atoms with E-state index in [1.165, 1.54) is 0 Å². The summed E-state index contributed by atoms with van der Waals surface area (Å²) in [4.78, 5) is 20.1. The van der Waals surface area contributed by atoms with Crippen molar-refractivity contribution >= 4 is 5.91 Å². The molecule has 1 saturated heterocycles. The topological polar surface area (TPSA) is 41.4 Å². The normalized spacial score (nSPS) is 18.4. The van der Waals surface area contributed by atoms with Gasteiger partial charge in [-0.05, 0) is 20.0 Å². The van der Waals surface area contributed by atoms with Gasteiger partial charge in [0.15, 0.2) is 0 Å². The van der Waals surface area contributed by atoms with Gasteiger partial charge in [-0.3, -0.25) is 4.79 Å². The van der Waals surface area contributed by atoms with Crippen molar-refractivity contribution in [3.8, 4) is 0 Å². The van der Waals surface area contributed by atoms with Gasteiger partial charge in [0.25, 0.3) is 0 Å². The second-order valence-corrected chi connectivity index (χ2v) is 4.27. The van der Waals surface area contributed by atoms with E-state index in [1.54, 1.807) is 12.5 Å². The largest absolute Gasteiger partial charge is 0.340 e. The van der Waals surface area contributed by atoms with Crippen molar-refractivity contribution in [3.63, 3.8) is 0 Å². The molecule has 0 unspecified atom stereocenters. The van der Waals surface area contributed by atoms with Crippen LogP contribution in [0.15, 0.2) is 18.7 Å². The van der Waals surface area contributed by atoms with Gasteiger partial charge < -0.3 is 14.4 Å². The van der Waals surface area contributed by atoms with Crippen LogP contribution < -0.4 is 0 Å². The maximum absolute atomic E-state index is 12.0. The van der Waals surface area contributed by atoms with E-state index >= 15 is 0 Å². The monoisotopic (exact) mass is 222 g/mol. The van der Waals surface area contributed by atoms with E-state index in [0.717, 1.165) is 32.6 Å². The molecule has 5 nitrogen and oxygen atoms in total. The summed E-state index contributed by atoms with van der Waals surface area (Å²) in [7, 11) is 2.10. The van der Waals surface area contributed by atoms with E-state index in [1.807, 2.05) is 15.7 Å². The van der Waals surface area contributed by atoms with Gasteiger partial charge in [0.2, 0.25) is 5.91 Å². The molecule has 0 radical (unpaired) electrons. The predicted molar refractivity (Wildman–Crippen MR) is 60.9 cm³/mol. The van der Waals surface area contributed by atoms with E-state index in [-0.39, 0.29) is 5.91 Å². The van der Waals surface area contributed by atoms with E-state index < -0.39 is 0 Å². The Hall–Kier alpha value is -1.36. The first-order valence-corrected chi connectivity index (χ1v) is 5.68. The molecule has 16 heavy (non-hydrogen) atoms. The summed E-state index contributed by atoms with van der Waals surface area (Å²) in [6, 6.07) is 0. The summed E-state index contributed by atoms with van der Waals surface area (Å²) in [5, 5.41) is 0. The van der Waals surface area contributed by atoms with Crippen molar-refractivity contribution in [2.45, 2.75) is 13.0 Å². The zero-order valence-electron chi connectivity index (χ0n) is 9.67. The maximum Gasteiger partial charge on any atom is 0.242 e. The van der Waals surface area contributed by atoms with Gasteiger partial charge in [-0.15, -0.1) is 0 Å². The first-order chi connectivity index (χ1) is 7.75. The lowest BCUT2D eigenvalue weighted by molar-refractivity contribution is -0.131. The van der Waals surface area contributed by atoms with Gasteiger partial charge in [-0.1, -0.05) is 0 Å². The number of imidazole rings is 1. The highest BCUT2D eigenvalue weighted by atomic mass is 16.2. The van der Waals surface area contributed by atoms with Crippen molar-refractivity contribution in [1.82, 2.24) is 19.4 Å². The molecule has 0 atom stereocenters. The van der Waals surface area contributed by atoms with Gasteiger partial charge in [0, 0.05) is 32.0 Å². The predicted octanol–water partition coefficient (Wildman–Crippen LogP) is 0.0472. The maximum atomic E-state index is 12.0. The third-order valence-corrected chi connectivity index (χ3v) is 2.95. The molecule has 2 rings (SSSR count). The van der Waals surface area contributed by atoms with Gasteiger partial charge in [-0.25, -0.2) is 4.98 Å². The zero-order chi connectivity index (χ0) is 11.4. The van der Waals surface area contributed by atoms with Crippen molar-refractivity contribution in [2.75, 3.05) is 33.2 Å². The van der Waals surface area contributed by atoms with Crippen LogP contribution in [0.4, 0.5) is 0 Å². The lowest BCUT2D eigenvalue weighted by Crippen LogP contribution is -2.36. The van der Waals surface area contributed by atoms with Crippen molar-refractivity contribution < 1.29 is 4.79 Å². The SMILES string of the molecule is CN1CCCN(C(=O)Cn2ccnc2)CC1. The van der Waals surface area contributed by atoms with E-state index in [9.17, 15) is 4.79 Å². The fraction of sp³-hybridized carbons (Fsp3) is 0.636. The fourth-order valence-electron chi connectivity index (χ4n) is 1.93. The Morgan fingerprint density at radius 1 is 1.31 bits per heavy atom. The second-order valence-electron chi connectivity index (χ2n) is 4.27. The minimum Gasteiger partial charge on any atom is -0.340 e. The molecule has 0 N–H and O–H groups in total. The molecule has 1 aromatic heterocycles. The molecule has 0 spiro atoms. The first kappa shape index (κ1) is 11.1. The Balaban J connectivity index is 1.89. The van der Waals surface area contributed by atoms with Crippen LogP contribution in [0.3, 0.4) is 0 Å². The molecule has 1 amide bonds. The van der Waals surface area contributed by atoms with Crippen molar-refractivity contribution in [1.29, 1.82) is 0 Å². The number of hydrogen-bond donors (Lipinski definition) is 0. The molecule has 1 aliphatic heterocycles. The molecule has 5 heteroatoms. The van der Waals surface area contributed by atoms with E-state index in [2.05, 4.69) is 16.9 Å². The molecule has 0 aliphatic carbocycles. The Labute approximate surface area is 95.7 Å². The number of carbonyl (C=O) groups is 1. The smallest absolute Gasteiger partial charge is 0.242 e. The number of carbonyl (C=O) groups excluding carboxylic acids is 1. The Morgan fingerprint density at radius 3 is 2.94 bits per heavy atom. The lowest BCUT2D eigenvalue weighted by Gasteiger charge is -2.20. The first-order valence-electron chi connectivity index (χ1n) is 5.68. The minimum atomic E-state index is 0.188. The summed E-state index contributed by atoms with van der Waals surface area (Å²) >= 11 is 0. The molecule has 0 aromatic carbocycles. The molecule has 0 saturated carbocycles. The summed E-state index contributed by atoms with van der Waals surface area (Å²) in [6.45, 7) is 4.16. The summed E-state index contributed by atoms with van der Waals surface area (Å²) in [5.41, 5.74) is 0. The van der Waals surface area contributed by atoms with E-state index in [4.69, 9.17) is 0 Å². The molecule has 0 bridgehead atoms. The van der Waals surface area contributed by atoms with Crippen LogP contribution in [0.5, 0.6) is 0 Å². The van der Waals surface area contributed by atoms with Crippen LogP contribution in [0.25, 0.3) is 0 Å². The van der Waals surface area contributed by atoms with Crippen LogP contribution in [-0.4, -0.2) is 58.5 Å². The lowest BCUT2D eigenvalue weighted by atomic mass is 10.4. The highest BCUT2D eigenvalue weighted by molar-refractivity contribution is 5.76. The Kier molecular flexibility index (Phi) is 3.56. The van der Waals surface area contributed by atoms with Crippen molar-refractivity contribution in [2.24, 2.45) is 0 Å². The van der Waals surface area contributed by atoms with Gasteiger partial charge >= 0.3 is 0 Å². The molecule has 2 heterocycles. The molecule has 1 aromatic rings. The molecule has 1 fully saturated rings. The molecular weight excluding hydrogens is 204 g/mol. The van der Waals surface area contributed by atoms with Crippen LogP contribution in [-0.2, 0) is 11.3 Å². The molecule has 88 valence electrons. The quantitative estimate of drug-likeness (QED) is 0.710. The number of nitrogens with zero attached hydrogens (tertiary/aromatic N) is 4. The molecule has 1 aliphatic rings.